The van der Waals surface area contributed by atoms with Crippen molar-refractivity contribution in [1.29, 1.82) is 0 Å². The van der Waals surface area contributed by atoms with Gasteiger partial charge in [-0.2, -0.15) is 0 Å². The van der Waals surface area contributed by atoms with Gasteiger partial charge in [-0.05, 0) is 179 Å². The van der Waals surface area contributed by atoms with Crippen LogP contribution >= 0.6 is 0 Å². The molecule has 0 nitrogen and oxygen atoms in total. The lowest BCUT2D eigenvalue weighted by Gasteiger charge is -2.30. The first-order valence-corrected chi connectivity index (χ1v) is 24.0. The second kappa shape index (κ2) is 14.5. The van der Waals surface area contributed by atoms with Crippen molar-refractivity contribution in [2.45, 2.75) is 32.1 Å². The summed E-state index contributed by atoms with van der Waals surface area (Å²) in [6, 6.07) is 82.7. The smallest absolute Gasteiger partial charge is 0.0210 e. The zero-order chi connectivity index (χ0) is 44.4. The zero-order valence-electron chi connectivity index (χ0n) is 37.7. The molecule has 0 aromatic heterocycles. The predicted molar refractivity (Wildman–Crippen MR) is 290 cm³/mol. The third-order valence-electron chi connectivity index (χ3n) is 15.9. The molecule has 13 aromatic rings. The molecule has 0 heterocycles. The number of hydrogen-bond acceptors (Lipinski definition) is 0. The summed E-state index contributed by atoms with van der Waals surface area (Å²) < 4.78 is 0. The molecule has 0 N–H and O–H groups in total. The van der Waals surface area contributed by atoms with Crippen molar-refractivity contribution in [2.75, 3.05) is 0 Å². The summed E-state index contributed by atoms with van der Waals surface area (Å²) in [5, 5.41) is 20.9. The molecule has 0 fully saturated rings. The van der Waals surface area contributed by atoms with Crippen LogP contribution < -0.4 is 0 Å². The molecule has 1 aliphatic rings. The molecular formula is C67H46. The molecule has 0 aliphatic heterocycles. The van der Waals surface area contributed by atoms with E-state index in [1.54, 1.807) is 0 Å². The Bertz CT molecular complexity index is 4130. The predicted octanol–water partition coefficient (Wildman–Crippen LogP) is 19.0. The summed E-state index contributed by atoms with van der Waals surface area (Å²) in [6.07, 6.45) is 2.07. The normalized spacial score (nSPS) is 13.2. The highest BCUT2D eigenvalue weighted by Gasteiger charge is 2.41. The lowest BCUT2D eigenvalue weighted by atomic mass is 9.72. The van der Waals surface area contributed by atoms with Gasteiger partial charge in [-0.25, -0.2) is 0 Å². The van der Waals surface area contributed by atoms with Crippen molar-refractivity contribution in [3.8, 4) is 44.5 Å². The van der Waals surface area contributed by atoms with Gasteiger partial charge in [-0.15, -0.1) is 0 Å². The first-order chi connectivity index (χ1) is 33.1. The topological polar surface area (TPSA) is 0 Å². The fourth-order valence-corrected chi connectivity index (χ4v) is 12.7. The van der Waals surface area contributed by atoms with Gasteiger partial charge in [0.05, 0.1) is 0 Å². The van der Waals surface area contributed by atoms with Crippen LogP contribution in [0.1, 0.15) is 37.8 Å². The Kier molecular flexibility index (Phi) is 8.26. The van der Waals surface area contributed by atoms with E-state index in [4.69, 9.17) is 0 Å². The number of hydrogen-bond donors (Lipinski definition) is 0. The molecule has 0 radical (unpaired) electrons. The molecule has 314 valence electrons. The summed E-state index contributed by atoms with van der Waals surface area (Å²) in [6.45, 7) is 4.79. The molecular weight excluding hydrogens is 805 g/mol. The number of rotatable bonds is 5. The fourth-order valence-electron chi connectivity index (χ4n) is 12.7. The highest BCUT2D eigenvalue weighted by molar-refractivity contribution is 6.28. The van der Waals surface area contributed by atoms with Gasteiger partial charge in [-0.3, -0.25) is 0 Å². The molecule has 0 saturated carbocycles. The second-order valence-corrected chi connectivity index (χ2v) is 18.9. The van der Waals surface area contributed by atoms with Crippen LogP contribution in [0.5, 0.6) is 0 Å². The number of fused-ring (bicyclic) bond motifs is 17. The highest BCUT2D eigenvalue weighted by atomic mass is 14.4. The van der Waals surface area contributed by atoms with Crippen molar-refractivity contribution >= 4 is 86.2 Å². The van der Waals surface area contributed by atoms with Crippen LogP contribution in [-0.4, -0.2) is 0 Å². The first-order valence-electron chi connectivity index (χ1n) is 24.0. The molecule has 14 rings (SSSR count). The maximum Gasteiger partial charge on any atom is 0.0210 e. The van der Waals surface area contributed by atoms with Crippen molar-refractivity contribution in [2.24, 2.45) is 0 Å². The van der Waals surface area contributed by atoms with Crippen molar-refractivity contribution in [1.82, 2.24) is 0 Å². The molecule has 0 atom stereocenters. The minimum Gasteiger partial charge on any atom is -0.0642 e. The van der Waals surface area contributed by atoms with Gasteiger partial charge in [0.15, 0.2) is 0 Å². The van der Waals surface area contributed by atoms with E-state index in [1.165, 1.54) is 142 Å². The van der Waals surface area contributed by atoms with Gasteiger partial charge in [-0.1, -0.05) is 208 Å². The lowest BCUT2D eigenvalue weighted by Crippen LogP contribution is -2.23. The van der Waals surface area contributed by atoms with E-state index in [2.05, 4.69) is 232 Å². The molecule has 1 aliphatic carbocycles. The van der Waals surface area contributed by atoms with Gasteiger partial charge in [0.25, 0.3) is 0 Å². The standard InChI is InChI=1S/C67H46/c1-3-67(4-2)63-38-44(34-36-54(63)62-39-60-51-23-11-8-19-47(51)48-20-9-12-24-52(48)61(60)40-64(62)67)66-57-27-15-13-25-55(57)65(56-26-14-16-28-58(56)66)42-31-29-41(30-32-42)43-33-35-53-49-21-6-5-17-45(49)46-18-7-10-22-50(46)59(53)37-43/h5-40H,3-4H2,1-2H3. The Morgan fingerprint density at radius 3 is 1.03 bits per heavy atom. The summed E-state index contributed by atoms with van der Waals surface area (Å²) in [7, 11) is 0. The number of benzene rings is 13. The van der Waals surface area contributed by atoms with E-state index in [1.807, 2.05) is 0 Å². The van der Waals surface area contributed by atoms with Crippen molar-refractivity contribution < 1.29 is 0 Å². The Morgan fingerprint density at radius 2 is 0.567 bits per heavy atom. The van der Waals surface area contributed by atoms with Crippen molar-refractivity contribution in [3.05, 3.63) is 230 Å². The molecule has 0 heteroatoms. The molecule has 0 unspecified atom stereocenters. The van der Waals surface area contributed by atoms with Gasteiger partial charge in [0.2, 0.25) is 0 Å². The third kappa shape index (κ3) is 5.36. The Morgan fingerprint density at radius 1 is 0.239 bits per heavy atom. The first kappa shape index (κ1) is 38.2. The quantitative estimate of drug-likeness (QED) is 0.120. The summed E-state index contributed by atoms with van der Waals surface area (Å²) >= 11 is 0. The SMILES string of the molecule is CCC1(CC)c2cc(-c3c4ccccc4c(-c4ccc(-c5ccc6c7ccccc7c7ccccc7c6c5)cc4)c4ccccc34)ccc2-c2cc3c4ccccc4c4ccccc4c3cc21. The maximum absolute atomic E-state index is 2.57. The average Bonchev–Trinajstić information content (AvgIpc) is 3.67. The summed E-state index contributed by atoms with van der Waals surface area (Å²) in [5.74, 6) is 0. The molecule has 0 saturated heterocycles. The van der Waals surface area contributed by atoms with E-state index in [0.29, 0.717) is 0 Å². The van der Waals surface area contributed by atoms with E-state index >= 15 is 0 Å². The molecule has 0 spiro atoms. The van der Waals surface area contributed by atoms with Gasteiger partial charge >= 0.3 is 0 Å². The Balaban J connectivity index is 0.925. The Labute approximate surface area is 390 Å². The molecule has 67 heavy (non-hydrogen) atoms. The zero-order valence-corrected chi connectivity index (χ0v) is 37.7. The van der Waals surface area contributed by atoms with Crippen molar-refractivity contribution in [3.63, 3.8) is 0 Å². The molecule has 0 bridgehead atoms. The molecule has 0 amide bonds. The van der Waals surface area contributed by atoms with E-state index < -0.39 is 0 Å². The largest absolute Gasteiger partial charge is 0.0642 e. The summed E-state index contributed by atoms with van der Waals surface area (Å²) in [5.41, 5.74) is 13.1. The van der Waals surface area contributed by atoms with Gasteiger partial charge < -0.3 is 0 Å². The van der Waals surface area contributed by atoms with E-state index in [9.17, 15) is 0 Å². The van der Waals surface area contributed by atoms with E-state index in [-0.39, 0.29) is 5.41 Å². The second-order valence-electron chi connectivity index (χ2n) is 18.9. The average molecular weight is 851 g/mol. The minimum absolute atomic E-state index is 0.0964. The van der Waals surface area contributed by atoms with Crippen LogP contribution in [0, 0.1) is 0 Å². The van der Waals surface area contributed by atoms with Crippen LogP contribution in [0.2, 0.25) is 0 Å². The fraction of sp³-hybridized carbons (Fsp3) is 0.0746. The van der Waals surface area contributed by atoms with Crippen LogP contribution in [0.15, 0.2) is 218 Å². The lowest BCUT2D eigenvalue weighted by molar-refractivity contribution is 0.491. The monoisotopic (exact) mass is 850 g/mol. The van der Waals surface area contributed by atoms with Crippen LogP contribution in [0.3, 0.4) is 0 Å². The maximum atomic E-state index is 2.57. The van der Waals surface area contributed by atoms with E-state index in [0.717, 1.165) is 12.8 Å². The minimum atomic E-state index is -0.0964. The van der Waals surface area contributed by atoms with Crippen LogP contribution in [-0.2, 0) is 5.41 Å². The van der Waals surface area contributed by atoms with Crippen LogP contribution in [0.25, 0.3) is 131 Å². The third-order valence-corrected chi connectivity index (χ3v) is 15.9. The highest BCUT2D eigenvalue weighted by Crippen LogP contribution is 2.56. The Hall–Kier alpha value is -8.06. The van der Waals surface area contributed by atoms with Crippen LogP contribution in [0.4, 0.5) is 0 Å². The van der Waals surface area contributed by atoms with Gasteiger partial charge in [0.1, 0.15) is 0 Å². The van der Waals surface area contributed by atoms with Gasteiger partial charge in [0, 0.05) is 5.41 Å². The summed E-state index contributed by atoms with van der Waals surface area (Å²) in [4.78, 5) is 0. The molecule has 13 aromatic carbocycles.